The molecule has 3 heterocycles. The maximum Gasteiger partial charge on any atom is 0.243 e. The molecule has 8 heteroatoms. The van der Waals surface area contributed by atoms with Crippen molar-refractivity contribution in [3.63, 3.8) is 0 Å². The van der Waals surface area contributed by atoms with Gasteiger partial charge in [0.1, 0.15) is 4.90 Å². The minimum atomic E-state index is -3.73. The Morgan fingerprint density at radius 2 is 1.88 bits per heavy atom. The van der Waals surface area contributed by atoms with Crippen LogP contribution in [0.4, 0.5) is 0 Å². The summed E-state index contributed by atoms with van der Waals surface area (Å²) in [5.74, 6) is 0.516. The number of fused-ring (bicyclic) bond motifs is 2. The molecule has 0 radical (unpaired) electrons. The molecule has 0 spiro atoms. The van der Waals surface area contributed by atoms with Gasteiger partial charge < -0.3 is 0 Å². The number of pyridine rings is 2. The zero-order valence-electron chi connectivity index (χ0n) is 12.5. The Hall–Kier alpha value is -2.84. The van der Waals surface area contributed by atoms with Crippen LogP contribution in [0.25, 0.3) is 16.6 Å². The second-order valence-electron chi connectivity index (χ2n) is 5.20. The predicted octanol–water partition coefficient (Wildman–Crippen LogP) is 1.76. The van der Waals surface area contributed by atoms with Gasteiger partial charge in [0.25, 0.3) is 0 Å². The van der Waals surface area contributed by atoms with Crippen LogP contribution in [0.2, 0.25) is 0 Å². The summed E-state index contributed by atoms with van der Waals surface area (Å²) in [6.45, 7) is 0.0384. The summed E-state index contributed by atoms with van der Waals surface area (Å²) in [7, 11) is -3.73. The minimum Gasteiger partial charge on any atom is -0.285 e. The number of sulfonamides is 1. The quantitative estimate of drug-likeness (QED) is 0.612. The number of para-hydroxylation sites is 1. The first-order valence-corrected chi connectivity index (χ1v) is 8.75. The lowest BCUT2D eigenvalue weighted by Gasteiger charge is -2.08. The van der Waals surface area contributed by atoms with Crippen molar-refractivity contribution in [2.45, 2.75) is 11.4 Å². The van der Waals surface area contributed by atoms with E-state index in [9.17, 15) is 8.42 Å². The van der Waals surface area contributed by atoms with Gasteiger partial charge in [0, 0.05) is 17.8 Å². The molecule has 24 heavy (non-hydrogen) atoms. The van der Waals surface area contributed by atoms with E-state index in [1.165, 1.54) is 0 Å². The smallest absolute Gasteiger partial charge is 0.243 e. The van der Waals surface area contributed by atoms with Crippen LogP contribution in [-0.2, 0) is 16.6 Å². The second kappa shape index (κ2) is 5.66. The monoisotopic (exact) mass is 339 g/mol. The van der Waals surface area contributed by atoms with Crippen LogP contribution in [0.15, 0.2) is 65.8 Å². The molecule has 4 rings (SSSR count). The van der Waals surface area contributed by atoms with Crippen LogP contribution in [0.3, 0.4) is 0 Å². The van der Waals surface area contributed by atoms with Gasteiger partial charge in [-0.3, -0.25) is 9.38 Å². The molecule has 0 amide bonds. The highest BCUT2D eigenvalue weighted by atomic mass is 32.2. The van der Waals surface area contributed by atoms with Crippen LogP contribution in [0, 0.1) is 0 Å². The fourth-order valence-electron chi connectivity index (χ4n) is 2.54. The Morgan fingerprint density at radius 3 is 2.79 bits per heavy atom. The van der Waals surface area contributed by atoms with Crippen LogP contribution < -0.4 is 4.72 Å². The van der Waals surface area contributed by atoms with E-state index in [1.807, 2.05) is 24.3 Å². The molecule has 1 aromatic carbocycles. The molecule has 0 saturated heterocycles. The summed E-state index contributed by atoms with van der Waals surface area (Å²) in [6.07, 6.45) is 3.37. The van der Waals surface area contributed by atoms with Gasteiger partial charge in [-0.25, -0.2) is 13.1 Å². The maximum absolute atomic E-state index is 12.7. The summed E-state index contributed by atoms with van der Waals surface area (Å²) in [4.78, 5) is 4.34. The van der Waals surface area contributed by atoms with E-state index in [-0.39, 0.29) is 11.4 Å². The number of benzene rings is 1. The number of hydrogen-bond acceptors (Lipinski definition) is 5. The van der Waals surface area contributed by atoms with Gasteiger partial charge in [-0.15, -0.1) is 10.2 Å². The third kappa shape index (κ3) is 2.51. The largest absolute Gasteiger partial charge is 0.285 e. The van der Waals surface area contributed by atoms with Crippen LogP contribution in [-0.4, -0.2) is 28.0 Å². The first kappa shape index (κ1) is 14.7. The van der Waals surface area contributed by atoms with Gasteiger partial charge in [0.15, 0.2) is 11.5 Å². The summed E-state index contributed by atoms with van der Waals surface area (Å²) >= 11 is 0. The molecule has 0 fully saturated rings. The molecule has 120 valence electrons. The van der Waals surface area contributed by atoms with Crippen molar-refractivity contribution in [3.05, 3.63) is 66.7 Å². The van der Waals surface area contributed by atoms with E-state index in [0.717, 1.165) is 5.39 Å². The SMILES string of the molecule is O=S(=O)(NCc1nnc2ccccn12)c1cccc2cccnc12. The summed E-state index contributed by atoms with van der Waals surface area (Å²) < 4.78 is 29.6. The lowest BCUT2D eigenvalue weighted by atomic mass is 10.2. The minimum absolute atomic E-state index is 0.0384. The normalized spacial score (nSPS) is 12.0. The topological polar surface area (TPSA) is 89.2 Å². The Balaban J connectivity index is 1.68. The molecular weight excluding hydrogens is 326 g/mol. The van der Waals surface area contributed by atoms with E-state index in [2.05, 4.69) is 19.9 Å². The number of nitrogens with zero attached hydrogens (tertiary/aromatic N) is 4. The van der Waals surface area contributed by atoms with Gasteiger partial charge in [0.2, 0.25) is 10.0 Å². The van der Waals surface area contributed by atoms with Gasteiger partial charge in [0.05, 0.1) is 12.1 Å². The molecule has 4 aromatic rings. The molecule has 0 atom stereocenters. The molecule has 3 aromatic heterocycles. The number of hydrogen-bond donors (Lipinski definition) is 1. The number of aromatic nitrogens is 4. The van der Waals surface area contributed by atoms with E-state index >= 15 is 0 Å². The molecule has 0 unspecified atom stereocenters. The molecule has 0 saturated carbocycles. The van der Waals surface area contributed by atoms with Crippen molar-refractivity contribution in [2.75, 3.05) is 0 Å². The summed E-state index contributed by atoms with van der Waals surface area (Å²) in [6, 6.07) is 14.2. The average molecular weight is 339 g/mol. The molecule has 0 aliphatic heterocycles. The molecule has 0 aliphatic carbocycles. The fourth-order valence-corrected chi connectivity index (χ4v) is 3.70. The number of nitrogens with one attached hydrogen (secondary N) is 1. The zero-order chi connectivity index (χ0) is 16.6. The standard InChI is InChI=1S/C16H13N5O2S/c22-24(23,13-7-3-5-12-6-4-9-17-16(12)13)18-11-15-20-19-14-8-1-2-10-21(14)15/h1-10,18H,11H2. The second-order valence-corrected chi connectivity index (χ2v) is 6.94. The van der Waals surface area contributed by atoms with Crippen molar-refractivity contribution < 1.29 is 8.42 Å². The third-order valence-electron chi connectivity index (χ3n) is 3.69. The van der Waals surface area contributed by atoms with Gasteiger partial charge in [-0.05, 0) is 24.3 Å². The molecular formula is C16H13N5O2S. The fraction of sp³-hybridized carbons (Fsp3) is 0.0625. The molecule has 1 N–H and O–H groups in total. The first-order chi connectivity index (χ1) is 11.6. The Bertz CT molecular complexity index is 1130. The van der Waals surface area contributed by atoms with Crippen molar-refractivity contribution in [3.8, 4) is 0 Å². The Morgan fingerprint density at radius 1 is 1.00 bits per heavy atom. The lowest BCUT2D eigenvalue weighted by Crippen LogP contribution is -2.24. The zero-order valence-corrected chi connectivity index (χ0v) is 13.3. The van der Waals surface area contributed by atoms with Crippen LogP contribution >= 0.6 is 0 Å². The van der Waals surface area contributed by atoms with Crippen molar-refractivity contribution in [1.29, 1.82) is 0 Å². The van der Waals surface area contributed by atoms with Crippen molar-refractivity contribution in [1.82, 2.24) is 24.3 Å². The van der Waals surface area contributed by atoms with Crippen molar-refractivity contribution >= 4 is 26.6 Å². The van der Waals surface area contributed by atoms with E-state index < -0.39 is 10.0 Å². The van der Waals surface area contributed by atoms with Gasteiger partial charge >= 0.3 is 0 Å². The van der Waals surface area contributed by atoms with E-state index in [4.69, 9.17) is 0 Å². The Kier molecular flexibility index (Phi) is 3.47. The first-order valence-electron chi connectivity index (χ1n) is 7.27. The predicted molar refractivity (Wildman–Crippen MR) is 88.8 cm³/mol. The summed E-state index contributed by atoms with van der Waals surface area (Å²) in [5.41, 5.74) is 1.11. The third-order valence-corrected chi connectivity index (χ3v) is 5.12. The maximum atomic E-state index is 12.7. The summed E-state index contributed by atoms with van der Waals surface area (Å²) in [5, 5.41) is 8.80. The molecule has 0 bridgehead atoms. The van der Waals surface area contributed by atoms with E-state index in [1.54, 1.807) is 41.1 Å². The Labute approximate surface area is 138 Å². The number of rotatable bonds is 4. The van der Waals surface area contributed by atoms with Crippen LogP contribution in [0.5, 0.6) is 0 Å². The molecule has 0 aliphatic rings. The van der Waals surface area contributed by atoms with E-state index in [0.29, 0.717) is 17.0 Å². The average Bonchev–Trinajstić information content (AvgIpc) is 3.03. The molecule has 7 nitrogen and oxygen atoms in total. The lowest BCUT2D eigenvalue weighted by molar-refractivity contribution is 0.579. The highest BCUT2D eigenvalue weighted by Crippen LogP contribution is 2.20. The highest BCUT2D eigenvalue weighted by molar-refractivity contribution is 7.89. The van der Waals surface area contributed by atoms with Crippen LogP contribution in [0.1, 0.15) is 5.82 Å². The highest BCUT2D eigenvalue weighted by Gasteiger charge is 2.19. The van der Waals surface area contributed by atoms with Gasteiger partial charge in [-0.2, -0.15) is 0 Å². The van der Waals surface area contributed by atoms with Crippen molar-refractivity contribution in [2.24, 2.45) is 0 Å². The van der Waals surface area contributed by atoms with Gasteiger partial charge in [-0.1, -0.05) is 24.3 Å².